The standard InChI is InChI=1S/C23H24N4O2/c1-15-10-11-16(2)21(12-15)25-22(28)23(29)26-24-14-19-13-17(3)27(18(19)4)20-8-6-5-7-9-20/h5-14H,1-4H3,(H,25,28)(H,26,29)/b24-14-. The Bertz CT molecular complexity index is 1080. The van der Waals surface area contributed by atoms with Crippen LogP contribution in [0.25, 0.3) is 5.69 Å². The average Bonchev–Trinajstić information content (AvgIpc) is 2.98. The molecule has 0 saturated heterocycles. The predicted octanol–water partition coefficient (Wildman–Crippen LogP) is 3.80. The number of nitrogens with one attached hydrogen (secondary N) is 2. The molecule has 0 atom stereocenters. The topological polar surface area (TPSA) is 75.5 Å². The summed E-state index contributed by atoms with van der Waals surface area (Å²) in [7, 11) is 0. The zero-order valence-corrected chi connectivity index (χ0v) is 17.0. The summed E-state index contributed by atoms with van der Waals surface area (Å²) in [5.41, 5.74) is 8.74. The lowest BCUT2D eigenvalue weighted by Crippen LogP contribution is -2.32. The number of carbonyl (C=O) groups excluding carboxylic acids is 2. The van der Waals surface area contributed by atoms with Crippen LogP contribution in [0.3, 0.4) is 0 Å². The number of amides is 2. The minimum Gasteiger partial charge on any atom is -0.318 e. The quantitative estimate of drug-likeness (QED) is 0.405. The molecule has 0 aliphatic heterocycles. The molecule has 6 heteroatoms. The Balaban J connectivity index is 1.67. The Kier molecular flexibility index (Phi) is 5.93. The smallest absolute Gasteiger partial charge is 0.318 e. The van der Waals surface area contributed by atoms with E-state index in [0.717, 1.165) is 33.8 Å². The van der Waals surface area contributed by atoms with Gasteiger partial charge < -0.3 is 9.88 Å². The fourth-order valence-corrected chi connectivity index (χ4v) is 3.15. The zero-order valence-electron chi connectivity index (χ0n) is 17.0. The van der Waals surface area contributed by atoms with Crippen molar-refractivity contribution in [2.24, 2.45) is 5.10 Å². The molecule has 0 unspecified atom stereocenters. The van der Waals surface area contributed by atoms with Crippen LogP contribution in [0.5, 0.6) is 0 Å². The molecular weight excluding hydrogens is 364 g/mol. The van der Waals surface area contributed by atoms with E-state index in [2.05, 4.69) is 20.4 Å². The van der Waals surface area contributed by atoms with Crippen LogP contribution in [0.2, 0.25) is 0 Å². The van der Waals surface area contributed by atoms with Gasteiger partial charge in [0.2, 0.25) is 0 Å². The SMILES string of the molecule is Cc1ccc(C)c(NC(=O)C(=O)N/N=C\c2cc(C)n(-c3ccccc3)c2C)c1. The lowest BCUT2D eigenvalue weighted by Gasteiger charge is -2.09. The summed E-state index contributed by atoms with van der Waals surface area (Å²) < 4.78 is 2.11. The number of rotatable bonds is 4. The van der Waals surface area contributed by atoms with Gasteiger partial charge >= 0.3 is 11.8 Å². The van der Waals surface area contributed by atoms with Crippen molar-refractivity contribution >= 4 is 23.7 Å². The highest BCUT2D eigenvalue weighted by molar-refractivity contribution is 6.39. The molecule has 2 aromatic carbocycles. The highest BCUT2D eigenvalue weighted by Crippen LogP contribution is 2.19. The molecule has 3 aromatic rings. The van der Waals surface area contributed by atoms with Crippen LogP contribution < -0.4 is 10.7 Å². The Morgan fingerprint density at radius 3 is 2.38 bits per heavy atom. The molecule has 0 aliphatic rings. The lowest BCUT2D eigenvalue weighted by molar-refractivity contribution is -0.136. The van der Waals surface area contributed by atoms with Crippen molar-refractivity contribution in [2.75, 3.05) is 5.32 Å². The Hall–Kier alpha value is -3.67. The van der Waals surface area contributed by atoms with Crippen molar-refractivity contribution in [3.63, 3.8) is 0 Å². The number of hydrogen-bond acceptors (Lipinski definition) is 3. The molecule has 148 valence electrons. The third-order valence-corrected chi connectivity index (χ3v) is 4.70. The highest BCUT2D eigenvalue weighted by Gasteiger charge is 2.14. The van der Waals surface area contributed by atoms with Gasteiger partial charge in [-0.2, -0.15) is 5.10 Å². The van der Waals surface area contributed by atoms with Gasteiger partial charge in [-0.1, -0.05) is 30.3 Å². The second-order valence-corrected chi connectivity index (χ2v) is 6.97. The summed E-state index contributed by atoms with van der Waals surface area (Å²) >= 11 is 0. The van der Waals surface area contributed by atoms with Crippen molar-refractivity contribution in [2.45, 2.75) is 27.7 Å². The summed E-state index contributed by atoms with van der Waals surface area (Å²) in [4.78, 5) is 24.2. The Morgan fingerprint density at radius 2 is 1.66 bits per heavy atom. The van der Waals surface area contributed by atoms with Gasteiger partial charge in [0, 0.05) is 28.3 Å². The molecule has 2 amide bonds. The van der Waals surface area contributed by atoms with E-state index in [1.165, 1.54) is 0 Å². The van der Waals surface area contributed by atoms with Crippen molar-refractivity contribution in [1.82, 2.24) is 9.99 Å². The van der Waals surface area contributed by atoms with E-state index in [9.17, 15) is 9.59 Å². The number of anilines is 1. The van der Waals surface area contributed by atoms with Crippen molar-refractivity contribution in [1.29, 1.82) is 0 Å². The van der Waals surface area contributed by atoms with Crippen molar-refractivity contribution in [3.05, 3.63) is 82.7 Å². The minimum atomic E-state index is -0.820. The molecule has 0 fully saturated rings. The van der Waals surface area contributed by atoms with E-state index in [1.807, 2.05) is 82.3 Å². The second kappa shape index (κ2) is 8.56. The maximum atomic E-state index is 12.1. The molecule has 2 N–H and O–H groups in total. The van der Waals surface area contributed by atoms with E-state index in [1.54, 1.807) is 6.21 Å². The first-order chi connectivity index (χ1) is 13.9. The van der Waals surface area contributed by atoms with E-state index in [4.69, 9.17) is 0 Å². The fraction of sp³-hybridized carbons (Fsp3) is 0.174. The van der Waals surface area contributed by atoms with Crippen LogP contribution >= 0.6 is 0 Å². The zero-order chi connectivity index (χ0) is 21.0. The number of aryl methyl sites for hydroxylation is 3. The molecular formula is C23H24N4O2. The molecule has 0 bridgehead atoms. The molecule has 3 rings (SSSR count). The van der Waals surface area contributed by atoms with Crippen LogP contribution in [0, 0.1) is 27.7 Å². The van der Waals surface area contributed by atoms with Gasteiger partial charge in [-0.25, -0.2) is 5.43 Å². The third-order valence-electron chi connectivity index (χ3n) is 4.70. The number of carbonyl (C=O) groups is 2. The van der Waals surface area contributed by atoms with E-state index in [-0.39, 0.29) is 0 Å². The maximum Gasteiger partial charge on any atom is 0.329 e. The first-order valence-electron chi connectivity index (χ1n) is 9.33. The Morgan fingerprint density at radius 1 is 0.931 bits per heavy atom. The minimum absolute atomic E-state index is 0.612. The Labute approximate surface area is 170 Å². The molecule has 0 aliphatic carbocycles. The van der Waals surface area contributed by atoms with Crippen LogP contribution in [0.1, 0.15) is 28.1 Å². The summed E-state index contributed by atoms with van der Waals surface area (Å²) in [5.74, 6) is -1.58. The molecule has 0 spiro atoms. The van der Waals surface area contributed by atoms with Gasteiger partial charge in [0.25, 0.3) is 0 Å². The van der Waals surface area contributed by atoms with Crippen LogP contribution in [0.4, 0.5) is 5.69 Å². The second-order valence-electron chi connectivity index (χ2n) is 6.97. The van der Waals surface area contributed by atoms with Gasteiger partial charge in [0.05, 0.1) is 6.21 Å². The van der Waals surface area contributed by atoms with Crippen LogP contribution in [-0.4, -0.2) is 22.6 Å². The summed E-state index contributed by atoms with van der Waals surface area (Å²) in [6.45, 7) is 7.78. The number of hydrogen-bond donors (Lipinski definition) is 2. The fourth-order valence-electron chi connectivity index (χ4n) is 3.15. The highest BCUT2D eigenvalue weighted by atomic mass is 16.2. The van der Waals surface area contributed by atoms with Crippen molar-refractivity contribution in [3.8, 4) is 5.69 Å². The van der Waals surface area contributed by atoms with E-state index >= 15 is 0 Å². The number of aromatic nitrogens is 1. The first kappa shape index (κ1) is 20.1. The molecule has 29 heavy (non-hydrogen) atoms. The summed E-state index contributed by atoms with van der Waals surface area (Å²) in [6, 6.07) is 17.6. The largest absolute Gasteiger partial charge is 0.329 e. The normalized spacial score (nSPS) is 10.9. The van der Waals surface area contributed by atoms with Gasteiger partial charge in [-0.15, -0.1) is 0 Å². The summed E-state index contributed by atoms with van der Waals surface area (Å²) in [5, 5.41) is 6.57. The molecule has 6 nitrogen and oxygen atoms in total. The number of para-hydroxylation sites is 1. The predicted molar refractivity (Wildman–Crippen MR) is 116 cm³/mol. The number of nitrogens with zero attached hydrogens (tertiary/aromatic N) is 2. The van der Waals surface area contributed by atoms with E-state index < -0.39 is 11.8 Å². The lowest BCUT2D eigenvalue weighted by atomic mass is 10.1. The molecule has 1 heterocycles. The molecule has 0 saturated carbocycles. The average molecular weight is 388 g/mol. The van der Waals surface area contributed by atoms with Gasteiger partial charge in [-0.3, -0.25) is 9.59 Å². The number of hydrazone groups is 1. The van der Waals surface area contributed by atoms with Crippen molar-refractivity contribution < 1.29 is 9.59 Å². The van der Waals surface area contributed by atoms with Gasteiger partial charge in [-0.05, 0) is 63.1 Å². The third kappa shape index (κ3) is 4.60. The molecule has 1 aromatic heterocycles. The van der Waals surface area contributed by atoms with Crippen LogP contribution in [0.15, 0.2) is 59.7 Å². The summed E-state index contributed by atoms with van der Waals surface area (Å²) in [6.07, 6.45) is 1.55. The van der Waals surface area contributed by atoms with Gasteiger partial charge in [0.1, 0.15) is 0 Å². The monoisotopic (exact) mass is 388 g/mol. The van der Waals surface area contributed by atoms with Gasteiger partial charge in [0.15, 0.2) is 0 Å². The van der Waals surface area contributed by atoms with Crippen LogP contribution in [-0.2, 0) is 9.59 Å². The maximum absolute atomic E-state index is 12.1. The first-order valence-corrected chi connectivity index (χ1v) is 9.33. The number of benzene rings is 2. The van der Waals surface area contributed by atoms with E-state index in [0.29, 0.717) is 5.69 Å². The molecule has 0 radical (unpaired) electrons.